The van der Waals surface area contributed by atoms with E-state index in [0.717, 1.165) is 47.7 Å². The lowest BCUT2D eigenvalue weighted by molar-refractivity contribution is 0.101. The molecule has 0 saturated carbocycles. The fraction of sp³-hybridized carbons (Fsp3) is 0.357. The van der Waals surface area contributed by atoms with E-state index < -0.39 is 0 Å². The Labute approximate surface area is 197 Å². The topological polar surface area (TPSA) is 57.8 Å². The van der Waals surface area contributed by atoms with Crippen LogP contribution in [0.5, 0.6) is 0 Å². The Morgan fingerprint density at radius 2 is 1.70 bits per heavy atom. The maximum Gasteiger partial charge on any atom is 0.162 e. The second-order valence-corrected chi connectivity index (χ2v) is 8.56. The molecule has 5 heteroatoms. The van der Waals surface area contributed by atoms with E-state index in [1.165, 1.54) is 23.2 Å². The van der Waals surface area contributed by atoms with Gasteiger partial charge in [0.05, 0.1) is 0 Å². The van der Waals surface area contributed by atoms with Crippen LogP contribution < -0.4 is 4.90 Å². The van der Waals surface area contributed by atoms with Gasteiger partial charge >= 0.3 is 0 Å². The van der Waals surface area contributed by atoms with Crippen LogP contribution in [0.4, 0.5) is 5.69 Å². The lowest BCUT2D eigenvalue weighted by Crippen LogP contribution is -2.36. The van der Waals surface area contributed by atoms with Gasteiger partial charge in [-0.05, 0) is 64.3 Å². The van der Waals surface area contributed by atoms with Crippen LogP contribution in [0.3, 0.4) is 0 Å². The molecule has 3 aromatic rings. The van der Waals surface area contributed by atoms with Gasteiger partial charge in [-0.2, -0.15) is 0 Å². The highest BCUT2D eigenvalue weighted by atomic mass is 16.3. The Kier molecular flexibility index (Phi) is 8.23. The maximum atomic E-state index is 12.1. The minimum Gasteiger partial charge on any atom is -0.396 e. The molecule has 1 aliphatic heterocycles. The fourth-order valence-corrected chi connectivity index (χ4v) is 4.27. The molecule has 1 N–H and O–H groups in total. The van der Waals surface area contributed by atoms with E-state index in [2.05, 4.69) is 57.8 Å². The molecule has 2 aromatic carbocycles. The van der Waals surface area contributed by atoms with Crippen molar-refractivity contribution in [2.75, 3.05) is 31.6 Å². The van der Waals surface area contributed by atoms with Crippen molar-refractivity contribution in [2.24, 2.45) is 4.99 Å². The molecule has 174 valence electrons. The van der Waals surface area contributed by atoms with Crippen LogP contribution in [0, 0.1) is 20.8 Å². The number of aryl methyl sites for hydroxylation is 1. The second-order valence-electron chi connectivity index (χ2n) is 8.56. The smallest absolute Gasteiger partial charge is 0.162 e. The molecule has 5 nitrogen and oxygen atoms in total. The lowest BCUT2D eigenvalue weighted by atomic mass is 10.1. The first kappa shape index (κ1) is 24.5. The number of carbonyl (C=O) groups is 1. The third-order valence-electron chi connectivity index (χ3n) is 6.13. The summed E-state index contributed by atoms with van der Waals surface area (Å²) in [6, 6.07) is 16.8. The van der Waals surface area contributed by atoms with Gasteiger partial charge in [0.15, 0.2) is 5.78 Å². The number of nitrogens with zero attached hydrogens (tertiary/aromatic N) is 3. The second kappa shape index (κ2) is 11.1. The molecule has 4 rings (SSSR count). The number of benzene rings is 2. The monoisotopic (exact) mass is 445 g/mol. The predicted molar refractivity (Wildman–Crippen MR) is 138 cm³/mol. The number of hydrogen-bond donors (Lipinski definition) is 1. The Morgan fingerprint density at radius 1 is 1.03 bits per heavy atom. The van der Waals surface area contributed by atoms with Crippen LogP contribution in [0.25, 0.3) is 5.69 Å². The Bertz CT molecular complexity index is 1120. The summed E-state index contributed by atoms with van der Waals surface area (Å²) >= 11 is 0. The van der Waals surface area contributed by atoms with Gasteiger partial charge in [-0.1, -0.05) is 35.9 Å². The number of hydrogen-bond acceptors (Lipinski definition) is 4. The molecular formula is C28H35N3O2. The van der Waals surface area contributed by atoms with Gasteiger partial charge in [0.25, 0.3) is 0 Å². The van der Waals surface area contributed by atoms with Crippen LogP contribution in [0.1, 0.15) is 51.8 Å². The van der Waals surface area contributed by atoms with Crippen LogP contribution in [-0.2, 0) is 6.42 Å². The third kappa shape index (κ3) is 5.60. The minimum absolute atomic E-state index is 0.0816. The van der Waals surface area contributed by atoms with E-state index in [4.69, 9.17) is 5.11 Å². The van der Waals surface area contributed by atoms with Crippen molar-refractivity contribution in [3.63, 3.8) is 0 Å². The molecule has 0 bridgehead atoms. The molecule has 0 atom stereocenters. The zero-order valence-corrected chi connectivity index (χ0v) is 20.4. The van der Waals surface area contributed by atoms with Gasteiger partial charge in [-0.3, -0.25) is 9.79 Å². The Hall–Kier alpha value is -3.18. The molecular weight excluding hydrogens is 410 g/mol. The lowest BCUT2D eigenvalue weighted by Gasteiger charge is -2.33. The summed E-state index contributed by atoms with van der Waals surface area (Å²) in [4.78, 5) is 18.6. The highest BCUT2D eigenvalue weighted by Crippen LogP contribution is 2.29. The van der Waals surface area contributed by atoms with Crippen LogP contribution >= 0.6 is 0 Å². The van der Waals surface area contributed by atoms with E-state index in [9.17, 15) is 4.79 Å². The average Bonchev–Trinajstić information content (AvgIpc) is 2.99. The summed E-state index contributed by atoms with van der Waals surface area (Å²) in [5.41, 5.74) is 8.54. The molecule has 1 saturated heterocycles. The van der Waals surface area contributed by atoms with Crippen molar-refractivity contribution in [1.82, 2.24) is 4.57 Å². The molecule has 0 spiro atoms. The van der Waals surface area contributed by atoms with Gasteiger partial charge in [-0.25, -0.2) is 0 Å². The van der Waals surface area contributed by atoms with E-state index in [1.807, 2.05) is 26.0 Å². The van der Waals surface area contributed by atoms with Crippen LogP contribution in [0.15, 0.2) is 53.5 Å². The number of rotatable bonds is 6. The normalized spacial score (nSPS) is 13.0. The van der Waals surface area contributed by atoms with Gasteiger partial charge < -0.3 is 14.6 Å². The van der Waals surface area contributed by atoms with E-state index in [1.54, 1.807) is 20.2 Å². The number of aliphatic hydroxyl groups excluding tert-OH is 1. The number of aliphatic imine (C=N–C) groups is 1. The molecule has 0 radical (unpaired) electrons. The molecule has 1 fully saturated rings. The molecule has 2 heterocycles. The standard InChI is InChI=1S/C19H23N3O.C9H12O/c1-13-18(12-20-4)19(15(3)23)14(2)22(13)17-8-5-7-16(11-17)21-9-6-10-21;1-8-2-4-9(5-3-8)6-7-10/h5,7-8,11-12H,6,9-10H2,1-4H3;2-5,10H,6-7H2,1H3. The van der Waals surface area contributed by atoms with Crippen molar-refractivity contribution in [1.29, 1.82) is 0 Å². The third-order valence-corrected chi connectivity index (χ3v) is 6.13. The SMILES string of the molecule is CN=Cc1c(C(C)=O)c(C)n(-c2cccc(N3CCC3)c2)c1C.Cc1ccc(CCO)cc1. The maximum absolute atomic E-state index is 12.1. The van der Waals surface area contributed by atoms with Crippen molar-refractivity contribution in [3.8, 4) is 5.69 Å². The van der Waals surface area contributed by atoms with Crippen molar-refractivity contribution in [3.05, 3.63) is 82.2 Å². The van der Waals surface area contributed by atoms with Gasteiger partial charge in [0.2, 0.25) is 0 Å². The first-order valence-electron chi connectivity index (χ1n) is 11.5. The predicted octanol–water partition coefficient (Wildman–Crippen LogP) is 5.09. The molecule has 0 unspecified atom stereocenters. The van der Waals surface area contributed by atoms with Crippen LogP contribution in [-0.4, -0.2) is 48.4 Å². The van der Waals surface area contributed by atoms with Crippen molar-refractivity contribution < 1.29 is 9.90 Å². The van der Waals surface area contributed by atoms with Gasteiger partial charge in [0, 0.05) is 66.8 Å². The molecule has 1 aliphatic rings. The fourth-order valence-electron chi connectivity index (χ4n) is 4.27. The first-order valence-corrected chi connectivity index (χ1v) is 11.5. The highest BCUT2D eigenvalue weighted by molar-refractivity contribution is 6.04. The Morgan fingerprint density at radius 3 is 2.24 bits per heavy atom. The number of Topliss-reactive ketones (excluding diaryl/α,β-unsaturated/α-hetero) is 1. The quantitative estimate of drug-likeness (QED) is 0.425. The summed E-state index contributed by atoms with van der Waals surface area (Å²) < 4.78 is 2.16. The summed E-state index contributed by atoms with van der Waals surface area (Å²) in [5, 5.41) is 8.59. The van der Waals surface area contributed by atoms with Crippen molar-refractivity contribution in [2.45, 2.75) is 40.5 Å². The highest BCUT2D eigenvalue weighted by Gasteiger charge is 2.21. The first-order chi connectivity index (χ1) is 15.9. The molecule has 0 aliphatic carbocycles. The zero-order valence-electron chi connectivity index (χ0n) is 20.4. The summed E-state index contributed by atoms with van der Waals surface area (Å²) in [6.07, 6.45) is 3.81. The number of aliphatic hydroxyl groups is 1. The van der Waals surface area contributed by atoms with Gasteiger partial charge in [0.1, 0.15) is 0 Å². The summed E-state index contributed by atoms with van der Waals surface area (Å²) in [6.45, 7) is 10.2. The summed E-state index contributed by atoms with van der Waals surface area (Å²) in [7, 11) is 1.74. The van der Waals surface area contributed by atoms with E-state index in [0.29, 0.717) is 0 Å². The number of aromatic nitrogens is 1. The largest absolute Gasteiger partial charge is 0.396 e. The van der Waals surface area contributed by atoms with Gasteiger partial charge in [-0.15, -0.1) is 0 Å². The van der Waals surface area contributed by atoms with Crippen molar-refractivity contribution >= 4 is 17.7 Å². The van der Waals surface area contributed by atoms with Crippen LogP contribution in [0.2, 0.25) is 0 Å². The Balaban J connectivity index is 0.000000257. The summed E-state index contributed by atoms with van der Waals surface area (Å²) in [5.74, 6) is 0.0816. The molecule has 0 amide bonds. The number of carbonyl (C=O) groups excluding carboxylic acids is 1. The number of ketones is 1. The average molecular weight is 446 g/mol. The van der Waals surface area contributed by atoms with E-state index in [-0.39, 0.29) is 12.4 Å². The minimum atomic E-state index is 0.0816. The zero-order chi connectivity index (χ0) is 24.0. The molecule has 33 heavy (non-hydrogen) atoms. The molecule has 1 aromatic heterocycles. The van der Waals surface area contributed by atoms with E-state index >= 15 is 0 Å². The number of anilines is 1.